The molecule has 8 heteroatoms. The number of fused-ring (bicyclic) bond motifs is 1. The molecule has 0 saturated carbocycles. The highest BCUT2D eigenvalue weighted by atomic mass is 16.4. The summed E-state index contributed by atoms with van der Waals surface area (Å²) < 4.78 is 1.68. The molecule has 136 valence electrons. The molecule has 0 radical (unpaired) electrons. The van der Waals surface area contributed by atoms with Crippen LogP contribution in [0.2, 0.25) is 0 Å². The maximum atomic E-state index is 11.2. The van der Waals surface area contributed by atoms with Crippen LogP contribution >= 0.6 is 0 Å². The Morgan fingerprint density at radius 1 is 1.26 bits per heavy atom. The number of phenolic OH excluding ortho intramolecular Hbond substituents is 1. The minimum atomic E-state index is -1.08. The third-order valence-electron chi connectivity index (χ3n) is 4.36. The summed E-state index contributed by atoms with van der Waals surface area (Å²) in [6, 6.07) is 12.7. The zero-order chi connectivity index (χ0) is 19.0. The molecule has 4 rings (SSSR count). The lowest BCUT2D eigenvalue weighted by Crippen LogP contribution is -2.01. The van der Waals surface area contributed by atoms with Gasteiger partial charge >= 0.3 is 5.97 Å². The van der Waals surface area contributed by atoms with Gasteiger partial charge in [0.15, 0.2) is 5.69 Å². The van der Waals surface area contributed by atoms with E-state index < -0.39 is 5.97 Å². The van der Waals surface area contributed by atoms with Crippen LogP contribution in [-0.4, -0.2) is 36.2 Å². The van der Waals surface area contributed by atoms with Crippen LogP contribution in [0.4, 0.5) is 5.69 Å². The maximum absolute atomic E-state index is 11.2. The van der Waals surface area contributed by atoms with Gasteiger partial charge in [-0.2, -0.15) is 10.2 Å². The number of rotatable bonds is 5. The second-order valence-corrected chi connectivity index (χ2v) is 6.18. The molecule has 0 aliphatic carbocycles. The summed E-state index contributed by atoms with van der Waals surface area (Å²) >= 11 is 0. The molecule has 4 aromatic rings. The summed E-state index contributed by atoms with van der Waals surface area (Å²) in [6.45, 7) is 0.373. The van der Waals surface area contributed by atoms with Gasteiger partial charge in [0.05, 0.1) is 11.2 Å². The van der Waals surface area contributed by atoms with E-state index in [1.165, 1.54) is 0 Å². The third-order valence-corrected chi connectivity index (χ3v) is 4.36. The molecule has 0 aliphatic heterocycles. The van der Waals surface area contributed by atoms with Crippen LogP contribution in [0, 0.1) is 0 Å². The van der Waals surface area contributed by atoms with Gasteiger partial charge in [0, 0.05) is 42.0 Å². The molecule has 0 bridgehead atoms. The van der Waals surface area contributed by atoms with Crippen LogP contribution in [0.25, 0.3) is 22.2 Å². The van der Waals surface area contributed by atoms with Gasteiger partial charge in [0.25, 0.3) is 0 Å². The van der Waals surface area contributed by atoms with E-state index >= 15 is 0 Å². The van der Waals surface area contributed by atoms with E-state index in [4.69, 9.17) is 0 Å². The highest BCUT2D eigenvalue weighted by Crippen LogP contribution is 2.31. The number of hydrogen-bond acceptors (Lipinski definition) is 5. The normalized spacial score (nSPS) is 11.0. The number of aromatic amines is 1. The number of hydrogen-bond donors (Lipinski definition) is 4. The number of H-pyrrole nitrogens is 1. The Balaban J connectivity index is 1.59. The van der Waals surface area contributed by atoms with Gasteiger partial charge in [0.2, 0.25) is 0 Å². The van der Waals surface area contributed by atoms with Gasteiger partial charge in [-0.1, -0.05) is 12.1 Å². The van der Waals surface area contributed by atoms with Crippen LogP contribution in [0.15, 0.2) is 48.7 Å². The monoisotopic (exact) mass is 363 g/mol. The second kappa shape index (κ2) is 6.49. The zero-order valence-corrected chi connectivity index (χ0v) is 14.5. The lowest BCUT2D eigenvalue weighted by atomic mass is 10.1. The number of para-hydroxylation sites is 1. The van der Waals surface area contributed by atoms with Crippen molar-refractivity contribution in [3.63, 3.8) is 0 Å². The first kappa shape index (κ1) is 16.6. The van der Waals surface area contributed by atoms with E-state index in [9.17, 15) is 15.0 Å². The topological polar surface area (TPSA) is 116 Å². The molecule has 4 N–H and O–H groups in total. The maximum Gasteiger partial charge on any atom is 0.357 e. The average Bonchev–Trinajstić information content (AvgIpc) is 3.26. The number of aryl methyl sites for hydroxylation is 1. The molecule has 2 aromatic heterocycles. The number of nitrogens with zero attached hydrogens (tertiary/aromatic N) is 3. The van der Waals surface area contributed by atoms with Gasteiger partial charge < -0.3 is 15.5 Å². The molecule has 0 unspecified atom stereocenters. The van der Waals surface area contributed by atoms with Crippen molar-refractivity contribution in [2.24, 2.45) is 7.05 Å². The van der Waals surface area contributed by atoms with Gasteiger partial charge in [0.1, 0.15) is 5.75 Å². The molecule has 2 aromatic carbocycles. The van der Waals surface area contributed by atoms with Crippen molar-refractivity contribution in [3.05, 3.63) is 59.9 Å². The Bertz CT molecular complexity index is 1150. The molecule has 8 nitrogen and oxygen atoms in total. The van der Waals surface area contributed by atoms with Gasteiger partial charge in [-0.25, -0.2) is 4.79 Å². The molecular weight excluding hydrogens is 346 g/mol. The Labute approximate surface area is 154 Å². The molecule has 0 amide bonds. The number of carboxylic acids is 1. The van der Waals surface area contributed by atoms with Crippen LogP contribution in [0.1, 0.15) is 16.1 Å². The quantitative estimate of drug-likeness (QED) is 0.433. The Kier molecular flexibility index (Phi) is 4.00. The lowest BCUT2D eigenvalue weighted by molar-refractivity contribution is 0.0692. The fraction of sp³-hybridized carbons (Fsp3) is 0.105. The van der Waals surface area contributed by atoms with E-state index in [1.807, 2.05) is 43.6 Å². The SMILES string of the molecule is Cn1ccc(-c2cccc(CNc3ccc4[nH]nc(C(=O)O)c4c3)c2O)n1. The van der Waals surface area contributed by atoms with Crippen LogP contribution in [0.3, 0.4) is 0 Å². The standard InChI is InChI=1S/C19H17N5O3/c1-24-8-7-16(23-24)13-4-2-3-11(18(13)25)10-20-12-5-6-15-14(9-12)17(19(26)27)22-21-15/h2-9,20,25H,10H2,1H3,(H,21,22)(H,26,27). The number of aromatic carboxylic acids is 1. The van der Waals surface area contributed by atoms with Gasteiger partial charge in [-0.3, -0.25) is 9.78 Å². The highest BCUT2D eigenvalue weighted by molar-refractivity contribution is 6.01. The smallest absolute Gasteiger partial charge is 0.357 e. The number of carboxylic acid groups (broad SMARTS) is 1. The summed E-state index contributed by atoms with van der Waals surface area (Å²) in [5.41, 5.74) is 3.43. The highest BCUT2D eigenvalue weighted by Gasteiger charge is 2.14. The van der Waals surface area contributed by atoms with Gasteiger partial charge in [-0.05, 0) is 30.3 Å². The molecule has 0 spiro atoms. The van der Waals surface area contributed by atoms with Crippen molar-refractivity contribution in [1.82, 2.24) is 20.0 Å². The Morgan fingerprint density at radius 3 is 2.85 bits per heavy atom. The number of aromatic hydroxyl groups is 1. The van der Waals surface area contributed by atoms with Crippen LogP contribution < -0.4 is 5.32 Å². The second-order valence-electron chi connectivity index (χ2n) is 6.18. The van der Waals surface area contributed by atoms with E-state index in [-0.39, 0.29) is 11.4 Å². The predicted octanol–water partition coefficient (Wildman–Crippen LogP) is 2.98. The molecule has 0 aliphatic rings. The number of aromatic nitrogens is 4. The summed E-state index contributed by atoms with van der Waals surface area (Å²) in [5.74, 6) is -0.918. The fourth-order valence-corrected chi connectivity index (χ4v) is 2.98. The number of carbonyl (C=O) groups is 1. The van der Waals surface area contributed by atoms with Crippen molar-refractivity contribution in [3.8, 4) is 17.0 Å². The minimum Gasteiger partial charge on any atom is -0.507 e. The first-order valence-electron chi connectivity index (χ1n) is 8.29. The van der Waals surface area contributed by atoms with Gasteiger partial charge in [-0.15, -0.1) is 0 Å². The van der Waals surface area contributed by atoms with Crippen LogP contribution in [-0.2, 0) is 13.6 Å². The Morgan fingerprint density at radius 2 is 2.11 bits per heavy atom. The molecular formula is C19H17N5O3. The summed E-state index contributed by atoms with van der Waals surface area (Å²) in [6.07, 6.45) is 1.82. The van der Waals surface area contributed by atoms with Crippen molar-refractivity contribution in [2.75, 3.05) is 5.32 Å². The summed E-state index contributed by atoms with van der Waals surface area (Å²) in [5, 5.41) is 34.4. The zero-order valence-electron chi connectivity index (χ0n) is 14.5. The molecule has 27 heavy (non-hydrogen) atoms. The molecule has 0 atom stereocenters. The minimum absolute atomic E-state index is 0.0198. The first-order valence-corrected chi connectivity index (χ1v) is 8.29. The molecule has 0 fully saturated rings. The van der Waals surface area contributed by atoms with Crippen LogP contribution in [0.5, 0.6) is 5.75 Å². The number of phenols is 1. The molecule has 0 saturated heterocycles. The summed E-state index contributed by atoms with van der Waals surface area (Å²) in [7, 11) is 1.82. The van der Waals surface area contributed by atoms with E-state index in [0.29, 0.717) is 34.3 Å². The number of benzene rings is 2. The largest absolute Gasteiger partial charge is 0.507 e. The number of anilines is 1. The summed E-state index contributed by atoms with van der Waals surface area (Å²) in [4.78, 5) is 11.2. The lowest BCUT2D eigenvalue weighted by Gasteiger charge is -2.11. The molecule has 2 heterocycles. The predicted molar refractivity (Wildman–Crippen MR) is 101 cm³/mol. The van der Waals surface area contributed by atoms with E-state index in [1.54, 1.807) is 16.8 Å². The fourth-order valence-electron chi connectivity index (χ4n) is 2.98. The first-order chi connectivity index (χ1) is 13.0. The van der Waals surface area contributed by atoms with Crippen molar-refractivity contribution in [1.29, 1.82) is 0 Å². The van der Waals surface area contributed by atoms with E-state index in [0.717, 1.165) is 5.69 Å². The number of nitrogens with one attached hydrogen (secondary N) is 2. The average molecular weight is 363 g/mol. The van der Waals surface area contributed by atoms with E-state index in [2.05, 4.69) is 20.6 Å². The van der Waals surface area contributed by atoms with Crippen molar-refractivity contribution in [2.45, 2.75) is 6.54 Å². The van der Waals surface area contributed by atoms with Crippen molar-refractivity contribution >= 4 is 22.6 Å². The Hall–Kier alpha value is -3.81. The third kappa shape index (κ3) is 3.08. The van der Waals surface area contributed by atoms with Crippen molar-refractivity contribution < 1.29 is 15.0 Å².